The molecule has 6 heteroatoms. The monoisotopic (exact) mass is 345 g/mol. The quantitative estimate of drug-likeness (QED) is 0.912. The first-order valence-corrected chi connectivity index (χ1v) is 9.08. The SMILES string of the molecule is COc1ccc(NC(=O)N2CCCCC2CN2CCCC2=O)cc1C. The molecule has 0 bridgehead atoms. The summed E-state index contributed by atoms with van der Waals surface area (Å²) in [4.78, 5) is 28.5. The zero-order chi connectivity index (χ0) is 17.8. The Bertz CT molecular complexity index is 647. The summed E-state index contributed by atoms with van der Waals surface area (Å²) < 4.78 is 5.26. The van der Waals surface area contributed by atoms with Crippen LogP contribution in [0.1, 0.15) is 37.7 Å². The van der Waals surface area contributed by atoms with E-state index in [9.17, 15) is 9.59 Å². The van der Waals surface area contributed by atoms with Gasteiger partial charge in [-0.1, -0.05) is 0 Å². The van der Waals surface area contributed by atoms with Crippen LogP contribution in [-0.4, -0.2) is 54.5 Å². The first-order valence-electron chi connectivity index (χ1n) is 9.08. The van der Waals surface area contributed by atoms with Gasteiger partial charge in [-0.05, 0) is 56.4 Å². The summed E-state index contributed by atoms with van der Waals surface area (Å²) in [5.74, 6) is 1.03. The Morgan fingerprint density at radius 1 is 1.28 bits per heavy atom. The Balaban J connectivity index is 1.66. The molecule has 0 aromatic heterocycles. The third-order valence-corrected chi connectivity index (χ3v) is 5.14. The minimum absolute atomic E-state index is 0.0825. The number of benzene rings is 1. The van der Waals surface area contributed by atoms with Crippen molar-refractivity contribution in [1.82, 2.24) is 9.80 Å². The van der Waals surface area contributed by atoms with Crippen LogP contribution in [-0.2, 0) is 4.79 Å². The molecule has 0 radical (unpaired) electrons. The molecule has 1 aromatic carbocycles. The van der Waals surface area contributed by atoms with Crippen LogP contribution in [0, 0.1) is 6.92 Å². The molecule has 136 valence electrons. The fourth-order valence-corrected chi connectivity index (χ4v) is 3.76. The van der Waals surface area contributed by atoms with Crippen LogP contribution in [0.5, 0.6) is 5.75 Å². The molecule has 0 spiro atoms. The minimum atomic E-state index is -0.0825. The van der Waals surface area contributed by atoms with Crippen LogP contribution in [0.2, 0.25) is 0 Å². The van der Waals surface area contributed by atoms with Crippen molar-refractivity contribution in [1.29, 1.82) is 0 Å². The Labute approximate surface area is 149 Å². The van der Waals surface area contributed by atoms with Gasteiger partial charge in [-0.15, -0.1) is 0 Å². The average molecular weight is 345 g/mol. The molecule has 0 saturated carbocycles. The highest BCUT2D eigenvalue weighted by molar-refractivity contribution is 5.90. The number of hydrogen-bond donors (Lipinski definition) is 1. The minimum Gasteiger partial charge on any atom is -0.496 e. The van der Waals surface area contributed by atoms with Crippen molar-refractivity contribution in [3.8, 4) is 5.75 Å². The zero-order valence-electron chi connectivity index (χ0n) is 15.1. The van der Waals surface area contributed by atoms with Gasteiger partial charge in [-0.2, -0.15) is 0 Å². The number of aryl methyl sites for hydroxylation is 1. The Morgan fingerprint density at radius 3 is 2.80 bits per heavy atom. The first kappa shape index (κ1) is 17.6. The van der Waals surface area contributed by atoms with Crippen LogP contribution in [0.4, 0.5) is 10.5 Å². The number of urea groups is 1. The number of nitrogens with zero attached hydrogens (tertiary/aromatic N) is 2. The van der Waals surface area contributed by atoms with Crippen LogP contribution < -0.4 is 10.1 Å². The largest absolute Gasteiger partial charge is 0.496 e. The highest BCUT2D eigenvalue weighted by Crippen LogP contribution is 2.24. The number of hydrogen-bond acceptors (Lipinski definition) is 3. The van der Waals surface area contributed by atoms with E-state index in [1.165, 1.54) is 0 Å². The maximum Gasteiger partial charge on any atom is 0.322 e. The molecule has 3 amide bonds. The van der Waals surface area contributed by atoms with Gasteiger partial charge in [-0.3, -0.25) is 4.79 Å². The number of rotatable bonds is 4. The van der Waals surface area contributed by atoms with E-state index in [4.69, 9.17) is 4.74 Å². The smallest absolute Gasteiger partial charge is 0.322 e. The summed E-state index contributed by atoms with van der Waals surface area (Å²) in [7, 11) is 1.64. The van der Waals surface area contributed by atoms with E-state index in [0.29, 0.717) is 13.0 Å². The Kier molecular flexibility index (Phi) is 5.46. The summed E-state index contributed by atoms with van der Waals surface area (Å²) in [6.07, 6.45) is 4.66. The molecule has 1 atom stereocenters. The maximum absolute atomic E-state index is 12.8. The van der Waals surface area contributed by atoms with Crippen LogP contribution in [0.15, 0.2) is 18.2 Å². The predicted molar refractivity (Wildman–Crippen MR) is 96.9 cm³/mol. The second-order valence-electron chi connectivity index (χ2n) is 6.90. The van der Waals surface area contributed by atoms with Crippen molar-refractivity contribution < 1.29 is 14.3 Å². The van der Waals surface area contributed by atoms with Crippen molar-refractivity contribution in [2.75, 3.05) is 32.1 Å². The van der Waals surface area contributed by atoms with Gasteiger partial charge in [0.25, 0.3) is 0 Å². The number of likely N-dealkylation sites (tertiary alicyclic amines) is 2. The normalized spacial score (nSPS) is 20.7. The molecule has 2 aliphatic heterocycles. The van der Waals surface area contributed by atoms with E-state index in [1.807, 2.05) is 34.9 Å². The van der Waals surface area contributed by atoms with E-state index < -0.39 is 0 Å². The lowest BCUT2D eigenvalue weighted by molar-refractivity contribution is -0.128. The Morgan fingerprint density at radius 2 is 2.12 bits per heavy atom. The fourth-order valence-electron chi connectivity index (χ4n) is 3.76. The van der Waals surface area contributed by atoms with Crippen LogP contribution >= 0.6 is 0 Å². The lowest BCUT2D eigenvalue weighted by Crippen LogP contribution is -2.51. The van der Waals surface area contributed by atoms with Gasteiger partial charge >= 0.3 is 6.03 Å². The molecule has 2 heterocycles. The number of methoxy groups -OCH3 is 1. The van der Waals surface area contributed by atoms with Gasteiger partial charge in [0.15, 0.2) is 0 Å². The van der Waals surface area contributed by atoms with Gasteiger partial charge in [0.05, 0.1) is 13.2 Å². The molecule has 25 heavy (non-hydrogen) atoms. The second-order valence-corrected chi connectivity index (χ2v) is 6.90. The maximum atomic E-state index is 12.8. The number of carbonyl (C=O) groups is 2. The molecular formula is C19H27N3O3. The fraction of sp³-hybridized carbons (Fsp3) is 0.579. The summed E-state index contributed by atoms with van der Waals surface area (Å²) in [5.41, 5.74) is 1.75. The third-order valence-electron chi connectivity index (χ3n) is 5.14. The number of ether oxygens (including phenoxy) is 1. The van der Waals surface area contributed by atoms with Gasteiger partial charge < -0.3 is 19.9 Å². The number of anilines is 1. The zero-order valence-corrected chi connectivity index (χ0v) is 15.1. The highest BCUT2D eigenvalue weighted by atomic mass is 16.5. The molecule has 3 rings (SSSR count). The highest BCUT2D eigenvalue weighted by Gasteiger charge is 2.31. The van der Waals surface area contributed by atoms with Gasteiger partial charge in [0, 0.05) is 31.7 Å². The molecule has 2 saturated heterocycles. The summed E-state index contributed by atoms with van der Waals surface area (Å²) in [5, 5.41) is 3.00. The van der Waals surface area contributed by atoms with E-state index in [-0.39, 0.29) is 18.0 Å². The molecular weight excluding hydrogens is 318 g/mol. The molecule has 2 fully saturated rings. The summed E-state index contributed by atoms with van der Waals surface area (Å²) in [6.45, 7) is 4.18. The average Bonchev–Trinajstić information content (AvgIpc) is 3.00. The van der Waals surface area contributed by atoms with Gasteiger partial charge in [0.1, 0.15) is 5.75 Å². The van der Waals surface area contributed by atoms with Crippen molar-refractivity contribution in [2.24, 2.45) is 0 Å². The molecule has 6 nitrogen and oxygen atoms in total. The summed E-state index contributed by atoms with van der Waals surface area (Å²) in [6, 6.07) is 5.66. The molecule has 2 aliphatic rings. The van der Waals surface area contributed by atoms with E-state index in [2.05, 4.69) is 5.32 Å². The number of carbonyl (C=O) groups excluding carboxylic acids is 2. The molecule has 0 aliphatic carbocycles. The second kappa shape index (κ2) is 7.76. The standard InChI is InChI=1S/C19H27N3O3/c1-14-12-15(8-9-17(14)25-2)20-19(24)22-11-4-3-6-16(22)13-21-10-5-7-18(21)23/h8-9,12,16H,3-7,10-11,13H2,1-2H3,(H,20,24). The summed E-state index contributed by atoms with van der Waals surface area (Å²) >= 11 is 0. The molecule has 1 aromatic rings. The van der Waals surface area contributed by atoms with Gasteiger partial charge in [0.2, 0.25) is 5.91 Å². The first-order chi connectivity index (χ1) is 12.1. The lowest BCUT2D eigenvalue weighted by atomic mass is 10.0. The molecule has 1 unspecified atom stereocenters. The van der Waals surface area contributed by atoms with E-state index in [0.717, 1.165) is 55.8 Å². The number of piperidine rings is 1. The third kappa shape index (κ3) is 4.06. The Hall–Kier alpha value is -2.24. The molecule has 1 N–H and O–H groups in total. The van der Waals surface area contributed by atoms with Crippen LogP contribution in [0.25, 0.3) is 0 Å². The van der Waals surface area contributed by atoms with E-state index >= 15 is 0 Å². The number of nitrogens with one attached hydrogen (secondary N) is 1. The van der Waals surface area contributed by atoms with Crippen molar-refractivity contribution >= 4 is 17.6 Å². The van der Waals surface area contributed by atoms with Crippen molar-refractivity contribution in [3.63, 3.8) is 0 Å². The van der Waals surface area contributed by atoms with Crippen LogP contribution in [0.3, 0.4) is 0 Å². The van der Waals surface area contributed by atoms with Gasteiger partial charge in [-0.25, -0.2) is 4.79 Å². The van der Waals surface area contributed by atoms with Crippen molar-refractivity contribution in [3.05, 3.63) is 23.8 Å². The van der Waals surface area contributed by atoms with E-state index in [1.54, 1.807) is 7.11 Å². The topological polar surface area (TPSA) is 61.9 Å². The lowest BCUT2D eigenvalue weighted by Gasteiger charge is -2.37. The number of amides is 3. The predicted octanol–water partition coefficient (Wildman–Crippen LogP) is 3.01. The van der Waals surface area contributed by atoms with Crippen molar-refractivity contribution in [2.45, 2.75) is 45.1 Å².